The number of benzene rings is 3. The summed E-state index contributed by atoms with van der Waals surface area (Å²) in [5.74, 6) is -0.137. The van der Waals surface area contributed by atoms with Crippen molar-refractivity contribution in [1.82, 2.24) is 0 Å². The van der Waals surface area contributed by atoms with E-state index in [4.69, 9.17) is 32.7 Å². The molecule has 33 heavy (non-hydrogen) atoms. The average Bonchev–Trinajstić information content (AvgIpc) is 2.71. The van der Waals surface area contributed by atoms with Crippen molar-refractivity contribution in [1.29, 1.82) is 0 Å². The van der Waals surface area contributed by atoms with E-state index in [0.29, 0.717) is 32.5 Å². The minimum absolute atomic E-state index is 0.153. The number of hydrogen-bond acceptors (Lipinski definition) is 5. The number of rotatable bonds is 6. The number of hydrogen-bond donors (Lipinski definition) is 0. The second kappa shape index (κ2) is 9.75. The van der Waals surface area contributed by atoms with Crippen molar-refractivity contribution in [3.63, 3.8) is 0 Å². The molecule has 0 atom stereocenters. The van der Waals surface area contributed by atoms with Crippen LogP contribution in [0.5, 0.6) is 5.75 Å². The van der Waals surface area contributed by atoms with Crippen LogP contribution in [-0.4, -0.2) is 32.9 Å². The Morgan fingerprint density at radius 1 is 0.848 bits per heavy atom. The van der Waals surface area contributed by atoms with Gasteiger partial charge in [0.25, 0.3) is 0 Å². The maximum Gasteiger partial charge on any atom is 0.344 e. The predicted molar refractivity (Wildman–Crippen MR) is 132 cm³/mol. The first kappa shape index (κ1) is 25.1. The van der Waals surface area contributed by atoms with Crippen LogP contribution in [0.3, 0.4) is 0 Å². The molecule has 0 heterocycles. The first-order valence-electron chi connectivity index (χ1n) is 10.1. The highest BCUT2D eigenvalue weighted by Crippen LogP contribution is 2.37. The minimum Gasteiger partial charge on any atom is -0.481 e. The summed E-state index contributed by atoms with van der Waals surface area (Å²) in [7, 11) is -3.57. The van der Waals surface area contributed by atoms with Gasteiger partial charge in [0.15, 0.2) is 16.4 Å². The standard InChI is InChI=1S/C25H24Cl2O5S/c1-25(2,3)32-24(28)15-31-22-12-10-19(27)14-21(22)17-7-11-20(23(13-17)33(4,29)30)16-5-8-18(26)9-6-16/h5-14H,15H2,1-4H3. The summed E-state index contributed by atoms with van der Waals surface area (Å²) < 4.78 is 36.3. The lowest BCUT2D eigenvalue weighted by Gasteiger charge is -2.20. The summed E-state index contributed by atoms with van der Waals surface area (Å²) in [5.41, 5.74) is 1.77. The predicted octanol–water partition coefficient (Wildman–Crippen LogP) is 6.45. The van der Waals surface area contributed by atoms with Crippen LogP contribution in [0.25, 0.3) is 22.3 Å². The highest BCUT2D eigenvalue weighted by Gasteiger charge is 2.20. The Morgan fingerprint density at radius 2 is 1.45 bits per heavy atom. The van der Waals surface area contributed by atoms with Crippen LogP contribution >= 0.6 is 23.2 Å². The summed E-state index contributed by atoms with van der Waals surface area (Å²) in [4.78, 5) is 12.2. The zero-order valence-electron chi connectivity index (χ0n) is 18.7. The van der Waals surface area contributed by atoms with Crippen molar-refractivity contribution in [2.24, 2.45) is 0 Å². The maximum atomic E-state index is 12.6. The molecule has 0 unspecified atom stereocenters. The Hall–Kier alpha value is -2.54. The highest BCUT2D eigenvalue weighted by atomic mass is 35.5. The van der Waals surface area contributed by atoms with E-state index in [2.05, 4.69) is 0 Å². The van der Waals surface area contributed by atoms with Crippen molar-refractivity contribution in [3.05, 3.63) is 70.7 Å². The van der Waals surface area contributed by atoms with Gasteiger partial charge in [0.05, 0.1) is 4.90 Å². The third-order valence-electron chi connectivity index (χ3n) is 4.55. The van der Waals surface area contributed by atoms with Crippen LogP contribution in [0.1, 0.15) is 20.8 Å². The lowest BCUT2D eigenvalue weighted by atomic mass is 9.99. The molecule has 3 rings (SSSR count). The van der Waals surface area contributed by atoms with Gasteiger partial charge in [-0.05, 0) is 68.3 Å². The van der Waals surface area contributed by atoms with Crippen LogP contribution in [0.15, 0.2) is 65.6 Å². The smallest absolute Gasteiger partial charge is 0.344 e. The second-order valence-corrected chi connectivity index (χ2v) is 11.4. The van der Waals surface area contributed by atoms with Gasteiger partial charge < -0.3 is 9.47 Å². The quantitative estimate of drug-likeness (QED) is 0.359. The van der Waals surface area contributed by atoms with Gasteiger partial charge in [0.2, 0.25) is 0 Å². The summed E-state index contributed by atoms with van der Waals surface area (Å²) in [6.07, 6.45) is 1.16. The number of ether oxygens (including phenoxy) is 2. The van der Waals surface area contributed by atoms with Crippen LogP contribution < -0.4 is 4.74 Å². The number of esters is 1. The van der Waals surface area contributed by atoms with E-state index in [9.17, 15) is 13.2 Å². The number of sulfone groups is 1. The van der Waals surface area contributed by atoms with E-state index < -0.39 is 21.4 Å². The molecule has 0 saturated carbocycles. The topological polar surface area (TPSA) is 69.7 Å². The Kier molecular flexibility index (Phi) is 7.42. The molecule has 0 N–H and O–H groups in total. The van der Waals surface area contributed by atoms with Crippen LogP contribution in [0.4, 0.5) is 0 Å². The molecule has 3 aromatic carbocycles. The molecule has 3 aromatic rings. The van der Waals surface area contributed by atoms with E-state index in [0.717, 1.165) is 11.8 Å². The minimum atomic E-state index is -3.57. The van der Waals surface area contributed by atoms with Gasteiger partial charge in [-0.2, -0.15) is 0 Å². The zero-order chi connectivity index (χ0) is 24.4. The van der Waals surface area contributed by atoms with Crippen LogP contribution in [0, 0.1) is 0 Å². The van der Waals surface area contributed by atoms with Crippen molar-refractivity contribution in [2.75, 3.05) is 12.9 Å². The van der Waals surface area contributed by atoms with E-state index in [1.165, 1.54) is 0 Å². The Bertz CT molecular complexity index is 1280. The lowest BCUT2D eigenvalue weighted by molar-refractivity contribution is -0.157. The molecular weight excluding hydrogens is 483 g/mol. The van der Waals surface area contributed by atoms with Gasteiger partial charge in [-0.3, -0.25) is 0 Å². The normalized spacial score (nSPS) is 11.8. The highest BCUT2D eigenvalue weighted by molar-refractivity contribution is 7.90. The first-order valence-corrected chi connectivity index (χ1v) is 12.7. The largest absolute Gasteiger partial charge is 0.481 e. The number of halogens is 2. The molecule has 0 radical (unpaired) electrons. The monoisotopic (exact) mass is 506 g/mol. The zero-order valence-corrected chi connectivity index (χ0v) is 21.0. The van der Waals surface area contributed by atoms with Crippen molar-refractivity contribution in [2.45, 2.75) is 31.3 Å². The molecule has 0 saturated heterocycles. The molecule has 0 aromatic heterocycles. The molecule has 0 aliphatic carbocycles. The summed E-state index contributed by atoms with van der Waals surface area (Å²) in [6.45, 7) is 5.02. The fraction of sp³-hybridized carbons (Fsp3) is 0.240. The van der Waals surface area contributed by atoms with Crippen LogP contribution in [0.2, 0.25) is 10.0 Å². The van der Waals surface area contributed by atoms with Crippen molar-refractivity contribution >= 4 is 39.0 Å². The molecule has 0 bridgehead atoms. The van der Waals surface area contributed by atoms with Gasteiger partial charge in [-0.15, -0.1) is 0 Å². The number of carbonyl (C=O) groups is 1. The SMILES string of the molecule is CC(C)(C)OC(=O)COc1ccc(Cl)cc1-c1ccc(-c2ccc(Cl)cc2)c(S(C)(=O)=O)c1. The Balaban J connectivity index is 2.03. The van der Waals surface area contributed by atoms with Gasteiger partial charge in [0.1, 0.15) is 11.4 Å². The first-order chi connectivity index (χ1) is 15.3. The van der Waals surface area contributed by atoms with E-state index >= 15 is 0 Å². The van der Waals surface area contributed by atoms with Crippen molar-refractivity contribution in [3.8, 4) is 28.0 Å². The van der Waals surface area contributed by atoms with Crippen molar-refractivity contribution < 1.29 is 22.7 Å². The lowest BCUT2D eigenvalue weighted by Crippen LogP contribution is -2.27. The fourth-order valence-electron chi connectivity index (χ4n) is 3.23. The molecular formula is C25H24Cl2O5S. The molecule has 0 aliphatic rings. The maximum absolute atomic E-state index is 12.6. The fourth-order valence-corrected chi connectivity index (χ4v) is 4.45. The van der Waals surface area contributed by atoms with Gasteiger partial charge in [0, 0.05) is 27.4 Å². The van der Waals surface area contributed by atoms with Gasteiger partial charge in [-0.1, -0.05) is 47.5 Å². The third kappa shape index (κ3) is 6.73. The average molecular weight is 507 g/mol. The second-order valence-electron chi connectivity index (χ2n) is 8.51. The van der Waals surface area contributed by atoms with Gasteiger partial charge >= 0.3 is 5.97 Å². The molecule has 0 amide bonds. The summed E-state index contributed by atoms with van der Waals surface area (Å²) >= 11 is 12.2. The Morgan fingerprint density at radius 3 is 2.06 bits per heavy atom. The van der Waals surface area contributed by atoms with Crippen LogP contribution in [-0.2, 0) is 19.4 Å². The molecule has 8 heteroatoms. The molecule has 0 spiro atoms. The van der Waals surface area contributed by atoms with E-state index in [1.54, 1.807) is 81.4 Å². The summed E-state index contributed by atoms with van der Waals surface area (Å²) in [6, 6.07) is 17.0. The molecule has 174 valence electrons. The Labute approximate surface area is 204 Å². The number of carbonyl (C=O) groups excluding carboxylic acids is 1. The molecule has 0 fully saturated rings. The molecule has 5 nitrogen and oxygen atoms in total. The van der Waals surface area contributed by atoms with E-state index in [1.807, 2.05) is 0 Å². The van der Waals surface area contributed by atoms with Gasteiger partial charge in [-0.25, -0.2) is 13.2 Å². The summed E-state index contributed by atoms with van der Waals surface area (Å²) in [5, 5.41) is 0.999. The van der Waals surface area contributed by atoms with E-state index in [-0.39, 0.29) is 11.5 Å². The molecule has 0 aliphatic heterocycles. The third-order valence-corrected chi connectivity index (χ3v) is 6.18.